The number of anilines is 2. The number of halogens is 6. The lowest BCUT2D eigenvalue weighted by atomic mass is 9.78. The number of alkyl halides is 3. The highest BCUT2D eigenvalue weighted by atomic mass is 35.5. The number of carbonyl (C=O) groups excluding carboxylic acids is 1. The van der Waals surface area contributed by atoms with Gasteiger partial charge in [-0.3, -0.25) is 9.69 Å². The number of amides is 1. The zero-order valence-corrected chi connectivity index (χ0v) is 28.3. The van der Waals surface area contributed by atoms with Crippen molar-refractivity contribution in [2.75, 3.05) is 50.0 Å². The van der Waals surface area contributed by atoms with Gasteiger partial charge in [0.05, 0.1) is 44.8 Å². The van der Waals surface area contributed by atoms with E-state index < -0.39 is 47.8 Å². The van der Waals surface area contributed by atoms with E-state index in [4.69, 9.17) is 31.8 Å². The zero-order chi connectivity index (χ0) is 35.5. The van der Waals surface area contributed by atoms with Crippen molar-refractivity contribution in [3.05, 3.63) is 34.4 Å². The van der Waals surface area contributed by atoms with Crippen LogP contribution in [0.2, 0.25) is 5.02 Å². The predicted octanol–water partition coefficient (Wildman–Crippen LogP) is 5.92. The first kappa shape index (κ1) is 32.7. The molecule has 5 aliphatic heterocycles. The monoisotopic (exact) mass is 745 g/mol. The smallest absolute Gasteiger partial charge is 0.319 e. The average Bonchev–Trinajstić information content (AvgIpc) is 3.89. The lowest BCUT2D eigenvalue weighted by Crippen LogP contribution is -2.57. The van der Waals surface area contributed by atoms with Crippen molar-refractivity contribution in [3.63, 3.8) is 0 Å². The van der Waals surface area contributed by atoms with Gasteiger partial charge in [0.15, 0.2) is 11.6 Å². The van der Waals surface area contributed by atoms with Crippen LogP contribution in [0.3, 0.4) is 0 Å². The molecule has 1 saturated carbocycles. The van der Waals surface area contributed by atoms with E-state index in [9.17, 15) is 23.2 Å². The minimum atomic E-state index is -3.15. The minimum Gasteiger partial charge on any atom is -0.489 e. The Kier molecular flexibility index (Phi) is 7.47. The fraction of sp³-hybridized carbons (Fsp3) is 0.471. The van der Waals surface area contributed by atoms with E-state index in [1.165, 1.54) is 11.0 Å². The topological polar surface area (TPSA) is 121 Å². The second-order valence-electron chi connectivity index (χ2n) is 13.9. The summed E-state index contributed by atoms with van der Waals surface area (Å²) in [6.45, 7) is 1.41. The van der Waals surface area contributed by atoms with E-state index in [-0.39, 0.29) is 104 Å². The van der Waals surface area contributed by atoms with Gasteiger partial charge in [-0.1, -0.05) is 17.7 Å². The Morgan fingerprint density at radius 3 is 2.84 bits per heavy atom. The van der Waals surface area contributed by atoms with Gasteiger partial charge in [0, 0.05) is 36.4 Å². The number of hydrogen-bond donors (Lipinski definition) is 1. The SMILES string of the molecule is N#Cc1c(N)sc2c(F)ccc(-c3c(Cl)c4c5c(nc(OC[C@@]67CCCN6C[C@H](F)C7)nc5c3F)N(C3C5CC3N(C(=O)C(F)F)C5)CCO4)c12. The minimum absolute atomic E-state index is 0.0226. The van der Waals surface area contributed by atoms with Gasteiger partial charge >= 0.3 is 12.4 Å². The van der Waals surface area contributed by atoms with E-state index in [2.05, 4.69) is 9.88 Å². The average molecular weight is 746 g/mol. The van der Waals surface area contributed by atoms with Crippen LogP contribution in [0.25, 0.3) is 32.1 Å². The van der Waals surface area contributed by atoms with Crippen molar-refractivity contribution in [2.45, 2.75) is 55.9 Å². The van der Waals surface area contributed by atoms with Gasteiger partial charge in [0.25, 0.3) is 5.91 Å². The molecule has 4 saturated heterocycles. The fourth-order valence-electron chi connectivity index (χ4n) is 9.11. The summed E-state index contributed by atoms with van der Waals surface area (Å²) in [7, 11) is 0. The van der Waals surface area contributed by atoms with E-state index >= 15 is 8.78 Å². The molecule has 266 valence electrons. The molecule has 1 aliphatic carbocycles. The van der Waals surface area contributed by atoms with Crippen LogP contribution in [-0.4, -0.2) is 95.3 Å². The van der Waals surface area contributed by atoms with E-state index in [0.717, 1.165) is 30.4 Å². The highest BCUT2D eigenvalue weighted by Gasteiger charge is 2.58. The predicted molar refractivity (Wildman–Crippen MR) is 179 cm³/mol. The molecule has 2 bridgehead atoms. The molecule has 6 aliphatic rings. The van der Waals surface area contributed by atoms with Crippen LogP contribution in [-0.2, 0) is 4.79 Å². The Hall–Kier alpha value is -4.20. The molecule has 4 aromatic rings. The highest BCUT2D eigenvalue weighted by molar-refractivity contribution is 7.23. The number of thiophene rings is 1. The van der Waals surface area contributed by atoms with Crippen LogP contribution in [0, 0.1) is 28.9 Å². The van der Waals surface area contributed by atoms with Gasteiger partial charge in [0.2, 0.25) is 0 Å². The summed E-state index contributed by atoms with van der Waals surface area (Å²) < 4.78 is 86.4. The van der Waals surface area contributed by atoms with Crippen molar-refractivity contribution in [1.82, 2.24) is 19.8 Å². The molecule has 3 unspecified atom stereocenters. The second kappa shape index (κ2) is 11.7. The lowest BCUT2D eigenvalue weighted by Gasteiger charge is -2.44. The molecule has 0 spiro atoms. The summed E-state index contributed by atoms with van der Waals surface area (Å²) in [5.74, 6) is -2.73. The summed E-state index contributed by atoms with van der Waals surface area (Å²) in [5.41, 5.74) is 5.14. The first-order chi connectivity index (χ1) is 24.5. The maximum atomic E-state index is 17.3. The quantitative estimate of drug-likeness (QED) is 0.240. The zero-order valence-electron chi connectivity index (χ0n) is 26.8. The van der Waals surface area contributed by atoms with Gasteiger partial charge in [-0.05, 0) is 37.4 Å². The maximum absolute atomic E-state index is 17.3. The molecule has 5 atom stereocenters. The molecule has 1 amide bonds. The third kappa shape index (κ3) is 4.70. The summed E-state index contributed by atoms with van der Waals surface area (Å²) in [6, 6.07) is 3.30. The summed E-state index contributed by atoms with van der Waals surface area (Å²) in [4.78, 5) is 26.8. The van der Waals surface area contributed by atoms with Crippen LogP contribution in [0.4, 0.5) is 32.8 Å². The number of benzene rings is 2. The van der Waals surface area contributed by atoms with Crippen LogP contribution in [0.15, 0.2) is 12.1 Å². The van der Waals surface area contributed by atoms with Gasteiger partial charge < -0.3 is 25.0 Å². The van der Waals surface area contributed by atoms with Crippen molar-refractivity contribution >= 4 is 60.7 Å². The molecular formula is C34H29ClF5N7O3S. The number of nitrogen functional groups attached to an aromatic ring is 1. The largest absolute Gasteiger partial charge is 0.489 e. The van der Waals surface area contributed by atoms with Gasteiger partial charge in [-0.15, -0.1) is 11.3 Å². The number of nitrogens with zero attached hydrogens (tertiary/aromatic N) is 6. The molecule has 2 aromatic heterocycles. The number of nitrogens with two attached hydrogens (primary N) is 1. The molecule has 2 N–H and O–H groups in total. The Morgan fingerprint density at radius 1 is 1.24 bits per heavy atom. The molecular weight excluding hydrogens is 717 g/mol. The van der Waals surface area contributed by atoms with E-state index in [0.29, 0.717) is 19.4 Å². The van der Waals surface area contributed by atoms with E-state index in [1.807, 2.05) is 11.0 Å². The molecule has 10 rings (SSSR count). The number of fused-ring (bicyclic) bond motifs is 3. The van der Waals surface area contributed by atoms with Crippen molar-refractivity contribution < 1.29 is 36.2 Å². The third-order valence-electron chi connectivity index (χ3n) is 11.3. The molecule has 51 heavy (non-hydrogen) atoms. The Bertz CT molecular complexity index is 2200. The number of ether oxygens (including phenoxy) is 2. The van der Waals surface area contributed by atoms with Crippen LogP contribution in [0.5, 0.6) is 11.8 Å². The third-order valence-corrected chi connectivity index (χ3v) is 12.7. The first-order valence-corrected chi connectivity index (χ1v) is 17.8. The normalized spacial score (nSPS) is 26.8. The van der Waals surface area contributed by atoms with Gasteiger partial charge in [0.1, 0.15) is 47.6 Å². The number of aromatic nitrogens is 2. The highest BCUT2D eigenvalue weighted by Crippen LogP contribution is 2.53. The first-order valence-electron chi connectivity index (χ1n) is 16.6. The lowest BCUT2D eigenvalue weighted by molar-refractivity contribution is -0.143. The van der Waals surface area contributed by atoms with Gasteiger partial charge in [-0.25, -0.2) is 13.2 Å². The molecule has 2 aromatic carbocycles. The summed E-state index contributed by atoms with van der Waals surface area (Å²) in [5, 5.41) is 10.0. The van der Waals surface area contributed by atoms with Crippen molar-refractivity contribution in [1.29, 1.82) is 5.26 Å². The summed E-state index contributed by atoms with van der Waals surface area (Å²) in [6.07, 6.45) is -1.80. The molecule has 5 fully saturated rings. The van der Waals surface area contributed by atoms with Crippen LogP contribution < -0.4 is 20.1 Å². The number of rotatable bonds is 6. The van der Waals surface area contributed by atoms with Crippen LogP contribution >= 0.6 is 22.9 Å². The second-order valence-corrected chi connectivity index (χ2v) is 15.3. The van der Waals surface area contributed by atoms with Crippen LogP contribution in [0.1, 0.15) is 31.2 Å². The van der Waals surface area contributed by atoms with Crippen molar-refractivity contribution in [3.8, 4) is 29.0 Å². The molecule has 10 nitrogen and oxygen atoms in total. The number of carbonyl (C=O) groups is 1. The van der Waals surface area contributed by atoms with E-state index in [1.54, 1.807) is 0 Å². The molecule has 0 radical (unpaired) electrons. The Labute approximate surface area is 296 Å². The molecule has 7 heterocycles. The Morgan fingerprint density at radius 2 is 2.06 bits per heavy atom. The Balaban J connectivity index is 1.23. The fourth-order valence-corrected chi connectivity index (χ4v) is 10.4. The number of nitriles is 1. The van der Waals surface area contributed by atoms with Gasteiger partial charge in [-0.2, -0.15) is 24.0 Å². The summed E-state index contributed by atoms with van der Waals surface area (Å²) >= 11 is 7.86. The molecule has 17 heteroatoms. The van der Waals surface area contributed by atoms with Crippen molar-refractivity contribution in [2.24, 2.45) is 5.92 Å². The number of hydrogen-bond acceptors (Lipinski definition) is 10. The maximum Gasteiger partial charge on any atom is 0.319 e. The standard InChI is InChI=1S/C34H29ClF5N7O3S/c35-23-21(16-2-3-18(37)28-20(16)17(10-41)30(42)51-28)24(38)25-22-27(23)49-7-6-46(26-14-8-19(26)47(11-14)32(48)29(39)40)31(22)44-33(43-25)50-13-34-4-1-5-45(34)12-15(36)9-34/h2-3,14-15,19,26,29H,1,4-9,11-13,42H2/t14?,15-,19?,26?,34+/m1/s1.